The molecule has 0 amide bonds. The Kier molecular flexibility index (Phi) is 2.87. The van der Waals surface area contributed by atoms with Gasteiger partial charge >= 0.3 is 0 Å². The van der Waals surface area contributed by atoms with E-state index in [2.05, 4.69) is 4.98 Å². The molecule has 0 spiro atoms. The summed E-state index contributed by atoms with van der Waals surface area (Å²) >= 11 is 0. The van der Waals surface area contributed by atoms with Gasteiger partial charge in [-0.15, -0.1) is 0 Å². The van der Waals surface area contributed by atoms with Crippen molar-refractivity contribution >= 4 is 11.0 Å². The quantitative estimate of drug-likeness (QED) is 0.765. The van der Waals surface area contributed by atoms with Gasteiger partial charge in [-0.2, -0.15) is 0 Å². The maximum atomic E-state index is 5.64. The van der Waals surface area contributed by atoms with Crippen LogP contribution in [0.15, 0.2) is 24.5 Å². The van der Waals surface area contributed by atoms with Crippen LogP contribution in [0.1, 0.15) is 6.42 Å². The van der Waals surface area contributed by atoms with Crippen LogP contribution in [0.5, 0.6) is 5.75 Å². The summed E-state index contributed by atoms with van der Waals surface area (Å²) in [6, 6.07) is 3.93. The highest BCUT2D eigenvalue weighted by atomic mass is 16.5. The molecule has 0 saturated heterocycles. The van der Waals surface area contributed by atoms with Crippen LogP contribution in [-0.2, 0) is 7.05 Å². The maximum Gasteiger partial charge on any atom is 0.146 e. The number of aryl methyl sites for hydroxylation is 1. The number of nitrogens with two attached hydrogens (primary N) is 1. The van der Waals surface area contributed by atoms with E-state index >= 15 is 0 Å². The van der Waals surface area contributed by atoms with Crippen molar-refractivity contribution in [2.75, 3.05) is 13.2 Å². The lowest BCUT2D eigenvalue weighted by molar-refractivity contribution is 0.316. The van der Waals surface area contributed by atoms with E-state index in [1.165, 1.54) is 0 Å². The van der Waals surface area contributed by atoms with Crippen molar-refractivity contribution in [3.63, 3.8) is 0 Å². The SMILES string of the molecule is Cn1cc(OCCCN)c2cccnc21. The van der Waals surface area contributed by atoms with Gasteiger partial charge in [-0.05, 0) is 25.1 Å². The maximum absolute atomic E-state index is 5.64. The summed E-state index contributed by atoms with van der Waals surface area (Å²) in [5.41, 5.74) is 6.36. The normalized spacial score (nSPS) is 10.8. The van der Waals surface area contributed by atoms with Crippen molar-refractivity contribution in [1.82, 2.24) is 9.55 Å². The second kappa shape index (κ2) is 4.31. The molecule has 0 aliphatic rings. The van der Waals surface area contributed by atoms with Gasteiger partial charge in [-0.3, -0.25) is 0 Å². The molecule has 0 bridgehead atoms. The van der Waals surface area contributed by atoms with Gasteiger partial charge in [0.2, 0.25) is 0 Å². The summed E-state index contributed by atoms with van der Waals surface area (Å²) in [5.74, 6) is 0.883. The zero-order valence-electron chi connectivity index (χ0n) is 8.81. The molecule has 2 rings (SSSR count). The molecule has 2 aromatic rings. The summed E-state index contributed by atoms with van der Waals surface area (Å²) in [6.45, 7) is 1.31. The third kappa shape index (κ3) is 1.94. The molecule has 2 N–H and O–H groups in total. The Morgan fingerprint density at radius 1 is 1.53 bits per heavy atom. The molecule has 4 nitrogen and oxygen atoms in total. The van der Waals surface area contributed by atoms with E-state index in [0.29, 0.717) is 13.2 Å². The monoisotopic (exact) mass is 205 g/mol. The molecule has 2 aromatic heterocycles. The van der Waals surface area contributed by atoms with Gasteiger partial charge in [0.05, 0.1) is 12.0 Å². The fraction of sp³-hybridized carbons (Fsp3) is 0.364. The predicted molar refractivity (Wildman–Crippen MR) is 59.9 cm³/mol. The minimum Gasteiger partial charge on any atom is -0.491 e. The van der Waals surface area contributed by atoms with Crippen molar-refractivity contribution in [3.8, 4) is 5.75 Å². The molecule has 0 atom stereocenters. The van der Waals surface area contributed by atoms with Gasteiger partial charge < -0.3 is 15.0 Å². The van der Waals surface area contributed by atoms with Crippen LogP contribution in [0.25, 0.3) is 11.0 Å². The molecule has 0 fully saturated rings. The van der Waals surface area contributed by atoms with E-state index in [1.807, 2.05) is 29.9 Å². The van der Waals surface area contributed by atoms with Crippen LogP contribution in [0.4, 0.5) is 0 Å². The van der Waals surface area contributed by atoms with Crippen molar-refractivity contribution in [2.24, 2.45) is 12.8 Å². The number of hydrogen-bond acceptors (Lipinski definition) is 3. The first-order chi connectivity index (χ1) is 7.33. The van der Waals surface area contributed by atoms with Gasteiger partial charge in [-0.1, -0.05) is 0 Å². The second-order valence-electron chi connectivity index (χ2n) is 3.47. The van der Waals surface area contributed by atoms with E-state index < -0.39 is 0 Å². The van der Waals surface area contributed by atoms with E-state index in [0.717, 1.165) is 23.2 Å². The van der Waals surface area contributed by atoms with E-state index in [4.69, 9.17) is 10.5 Å². The molecule has 15 heavy (non-hydrogen) atoms. The molecule has 0 radical (unpaired) electrons. The average Bonchev–Trinajstić information content (AvgIpc) is 2.58. The zero-order valence-corrected chi connectivity index (χ0v) is 8.81. The summed E-state index contributed by atoms with van der Waals surface area (Å²) in [6.07, 6.45) is 4.61. The summed E-state index contributed by atoms with van der Waals surface area (Å²) in [4.78, 5) is 4.29. The average molecular weight is 205 g/mol. The number of ether oxygens (including phenoxy) is 1. The first kappa shape index (κ1) is 9.98. The van der Waals surface area contributed by atoms with E-state index in [9.17, 15) is 0 Å². The van der Waals surface area contributed by atoms with E-state index in [-0.39, 0.29) is 0 Å². The molecule has 80 valence electrons. The molecule has 0 unspecified atom stereocenters. The molecule has 2 heterocycles. The fourth-order valence-corrected chi connectivity index (χ4v) is 1.56. The van der Waals surface area contributed by atoms with E-state index in [1.54, 1.807) is 6.20 Å². The Bertz CT molecular complexity index is 450. The molecule has 0 aromatic carbocycles. The number of nitrogens with zero attached hydrogens (tertiary/aromatic N) is 2. The Morgan fingerprint density at radius 3 is 3.20 bits per heavy atom. The number of rotatable bonds is 4. The largest absolute Gasteiger partial charge is 0.491 e. The third-order valence-corrected chi connectivity index (χ3v) is 2.30. The zero-order chi connectivity index (χ0) is 10.7. The van der Waals surface area contributed by atoms with Gasteiger partial charge in [0.1, 0.15) is 11.4 Å². The lowest BCUT2D eigenvalue weighted by atomic mass is 10.3. The van der Waals surface area contributed by atoms with Crippen LogP contribution in [0, 0.1) is 0 Å². The Balaban J connectivity index is 2.27. The second-order valence-corrected chi connectivity index (χ2v) is 3.47. The van der Waals surface area contributed by atoms with Crippen molar-refractivity contribution in [3.05, 3.63) is 24.5 Å². The van der Waals surface area contributed by atoms with Crippen LogP contribution in [0.2, 0.25) is 0 Å². The first-order valence-corrected chi connectivity index (χ1v) is 5.06. The number of aromatic nitrogens is 2. The Morgan fingerprint density at radius 2 is 2.40 bits per heavy atom. The number of hydrogen-bond donors (Lipinski definition) is 1. The standard InChI is InChI=1S/C11H15N3O/c1-14-8-10(15-7-3-5-12)9-4-2-6-13-11(9)14/h2,4,6,8H,3,5,7,12H2,1H3. The molecule has 0 aliphatic heterocycles. The summed E-state index contributed by atoms with van der Waals surface area (Å²) in [7, 11) is 1.96. The van der Waals surface area contributed by atoms with Gasteiger partial charge in [-0.25, -0.2) is 4.98 Å². The van der Waals surface area contributed by atoms with Crippen LogP contribution in [0.3, 0.4) is 0 Å². The lowest BCUT2D eigenvalue weighted by Crippen LogP contribution is -2.05. The van der Waals surface area contributed by atoms with Crippen LogP contribution < -0.4 is 10.5 Å². The molecule has 0 saturated carbocycles. The smallest absolute Gasteiger partial charge is 0.146 e. The van der Waals surface area contributed by atoms with Crippen LogP contribution in [-0.4, -0.2) is 22.7 Å². The predicted octanol–water partition coefficient (Wildman–Crippen LogP) is 1.30. The summed E-state index contributed by atoms with van der Waals surface area (Å²) < 4.78 is 7.61. The van der Waals surface area contributed by atoms with Crippen molar-refractivity contribution in [2.45, 2.75) is 6.42 Å². The lowest BCUT2D eigenvalue weighted by Gasteiger charge is -2.02. The number of fused-ring (bicyclic) bond motifs is 1. The molecular weight excluding hydrogens is 190 g/mol. The minimum atomic E-state index is 0.656. The molecule has 4 heteroatoms. The first-order valence-electron chi connectivity index (χ1n) is 5.06. The fourth-order valence-electron chi connectivity index (χ4n) is 1.56. The summed E-state index contributed by atoms with van der Waals surface area (Å²) in [5, 5.41) is 1.05. The number of pyridine rings is 1. The Labute approximate surface area is 88.7 Å². The van der Waals surface area contributed by atoms with Gasteiger partial charge in [0, 0.05) is 19.4 Å². The van der Waals surface area contributed by atoms with Gasteiger partial charge in [0.15, 0.2) is 0 Å². The topological polar surface area (TPSA) is 53.1 Å². The van der Waals surface area contributed by atoms with Crippen molar-refractivity contribution in [1.29, 1.82) is 0 Å². The highest BCUT2D eigenvalue weighted by Gasteiger charge is 2.07. The minimum absolute atomic E-state index is 0.656. The Hall–Kier alpha value is -1.55. The third-order valence-electron chi connectivity index (χ3n) is 2.30. The highest BCUT2D eigenvalue weighted by molar-refractivity contribution is 5.83. The molecule has 0 aliphatic carbocycles. The van der Waals surface area contributed by atoms with Gasteiger partial charge in [0.25, 0.3) is 0 Å². The molecular formula is C11H15N3O. The van der Waals surface area contributed by atoms with Crippen molar-refractivity contribution < 1.29 is 4.74 Å². The highest BCUT2D eigenvalue weighted by Crippen LogP contribution is 2.25. The van der Waals surface area contributed by atoms with Crippen LogP contribution >= 0.6 is 0 Å².